The number of sulfone groups is 1. The molecule has 0 rings (SSSR count). The molecule has 0 N–H and O–H groups in total. The molecule has 11 heavy (non-hydrogen) atoms. The molecule has 0 aromatic heterocycles. The van der Waals surface area contributed by atoms with Gasteiger partial charge in [0.25, 0.3) is 0 Å². The van der Waals surface area contributed by atoms with Crippen LogP contribution in [0.3, 0.4) is 0 Å². The molecule has 0 saturated heterocycles. The molecule has 0 amide bonds. The molecule has 0 aliphatic heterocycles. The summed E-state index contributed by atoms with van der Waals surface area (Å²) in [6.45, 7) is 1.77. The highest BCUT2D eigenvalue weighted by atomic mass is 79.9. The van der Waals surface area contributed by atoms with E-state index in [1.165, 1.54) is 0 Å². The number of halogens is 1. The quantitative estimate of drug-likeness (QED) is 0.670. The van der Waals surface area contributed by atoms with Crippen LogP contribution in [-0.4, -0.2) is 31.0 Å². The Morgan fingerprint density at radius 1 is 1.45 bits per heavy atom. The molecule has 0 bridgehead atoms. The average molecular weight is 243 g/mol. The fourth-order valence-electron chi connectivity index (χ4n) is 0.667. The van der Waals surface area contributed by atoms with Crippen LogP contribution in [0.1, 0.15) is 13.3 Å². The zero-order valence-electron chi connectivity index (χ0n) is 6.34. The predicted molar refractivity (Wildman–Crippen MR) is 47.7 cm³/mol. The molecule has 0 aliphatic rings. The molecule has 0 aromatic rings. The molecular formula is C6H11BrO3S. The van der Waals surface area contributed by atoms with Crippen molar-refractivity contribution >= 4 is 31.6 Å². The van der Waals surface area contributed by atoms with Gasteiger partial charge in [-0.15, -0.1) is 0 Å². The number of carbonyl (C=O) groups is 1. The highest BCUT2D eigenvalue weighted by Gasteiger charge is 2.13. The van der Waals surface area contributed by atoms with E-state index in [0.717, 1.165) is 0 Å². The zero-order valence-corrected chi connectivity index (χ0v) is 8.74. The van der Waals surface area contributed by atoms with Gasteiger partial charge in [0.05, 0.1) is 11.1 Å². The van der Waals surface area contributed by atoms with Gasteiger partial charge in [-0.25, -0.2) is 8.42 Å². The number of carbonyl (C=O) groups excluding carboxylic acids is 1. The van der Waals surface area contributed by atoms with E-state index < -0.39 is 9.84 Å². The van der Waals surface area contributed by atoms with Gasteiger partial charge >= 0.3 is 0 Å². The van der Waals surface area contributed by atoms with E-state index in [4.69, 9.17) is 0 Å². The van der Waals surface area contributed by atoms with Gasteiger partial charge in [0.1, 0.15) is 5.75 Å². The van der Waals surface area contributed by atoms with Gasteiger partial charge < -0.3 is 0 Å². The fourth-order valence-corrected chi connectivity index (χ4v) is 2.49. The summed E-state index contributed by atoms with van der Waals surface area (Å²) < 4.78 is 21.9. The van der Waals surface area contributed by atoms with E-state index in [0.29, 0.717) is 6.42 Å². The first-order valence-electron chi connectivity index (χ1n) is 3.30. The van der Waals surface area contributed by atoms with Gasteiger partial charge in [0.15, 0.2) is 15.6 Å². The molecule has 0 saturated carbocycles. The van der Waals surface area contributed by atoms with Crippen LogP contribution in [0, 0.1) is 0 Å². The van der Waals surface area contributed by atoms with E-state index in [2.05, 4.69) is 15.9 Å². The lowest BCUT2D eigenvalue weighted by Crippen LogP contribution is -2.19. The molecule has 3 nitrogen and oxygen atoms in total. The second kappa shape index (κ2) is 4.87. The highest BCUT2D eigenvalue weighted by Crippen LogP contribution is 1.95. The number of ketones is 1. The first kappa shape index (κ1) is 11.1. The second-order valence-electron chi connectivity index (χ2n) is 2.26. The standard InChI is InChI=1S/C6H11BrO3S/c1-2-3-11(9,10)5-6(8)4-7/h2-5H2,1H3. The predicted octanol–water partition coefficient (Wildman–Crippen LogP) is 0.775. The monoisotopic (exact) mass is 242 g/mol. The van der Waals surface area contributed by atoms with Crippen LogP contribution in [0.5, 0.6) is 0 Å². The van der Waals surface area contributed by atoms with Gasteiger partial charge in [-0.1, -0.05) is 22.9 Å². The fraction of sp³-hybridized carbons (Fsp3) is 0.833. The van der Waals surface area contributed by atoms with Crippen LogP contribution in [0.15, 0.2) is 0 Å². The third kappa shape index (κ3) is 5.38. The van der Waals surface area contributed by atoms with Crippen LogP contribution in [0.4, 0.5) is 0 Å². The largest absolute Gasteiger partial charge is 0.298 e. The minimum Gasteiger partial charge on any atom is -0.298 e. The molecule has 0 spiro atoms. The van der Waals surface area contributed by atoms with Gasteiger partial charge in [0, 0.05) is 0 Å². The molecule has 0 radical (unpaired) electrons. The van der Waals surface area contributed by atoms with Crippen molar-refractivity contribution in [3.8, 4) is 0 Å². The number of hydrogen-bond acceptors (Lipinski definition) is 3. The molecule has 0 aromatic carbocycles. The Morgan fingerprint density at radius 3 is 2.36 bits per heavy atom. The normalized spacial score (nSPS) is 11.5. The van der Waals surface area contributed by atoms with Crippen molar-refractivity contribution in [2.24, 2.45) is 0 Å². The lowest BCUT2D eigenvalue weighted by Gasteiger charge is -1.98. The third-order valence-corrected chi connectivity index (χ3v) is 3.46. The van der Waals surface area contributed by atoms with Crippen LogP contribution < -0.4 is 0 Å². The Bertz CT molecular complexity index is 220. The van der Waals surface area contributed by atoms with Crippen molar-refractivity contribution in [3.05, 3.63) is 0 Å². The summed E-state index contributed by atoms with van der Waals surface area (Å²) >= 11 is 2.90. The van der Waals surface area contributed by atoms with E-state index in [9.17, 15) is 13.2 Å². The summed E-state index contributed by atoms with van der Waals surface area (Å²) in [5.74, 6) is -0.504. The van der Waals surface area contributed by atoms with Crippen molar-refractivity contribution in [3.63, 3.8) is 0 Å². The lowest BCUT2D eigenvalue weighted by molar-refractivity contribution is -0.114. The van der Waals surface area contributed by atoms with Crippen LogP contribution in [-0.2, 0) is 14.6 Å². The number of Topliss-reactive ketones (excluding diaryl/α,β-unsaturated/α-hetero) is 1. The zero-order chi connectivity index (χ0) is 8.91. The summed E-state index contributed by atoms with van der Waals surface area (Å²) in [7, 11) is -3.12. The molecule has 0 aliphatic carbocycles. The minimum absolute atomic E-state index is 0.103. The number of hydrogen-bond donors (Lipinski definition) is 0. The Hall–Kier alpha value is 0.1000. The summed E-state index contributed by atoms with van der Waals surface area (Å²) in [4.78, 5) is 10.7. The van der Waals surface area contributed by atoms with Gasteiger partial charge in [-0.3, -0.25) is 4.79 Å². The SMILES string of the molecule is CCCS(=O)(=O)CC(=O)CBr. The maximum atomic E-state index is 11.0. The molecule has 0 fully saturated rings. The maximum absolute atomic E-state index is 11.0. The van der Waals surface area contributed by atoms with Crippen LogP contribution in [0.2, 0.25) is 0 Å². The molecule has 0 heterocycles. The van der Waals surface area contributed by atoms with Gasteiger partial charge in [0.2, 0.25) is 0 Å². The van der Waals surface area contributed by atoms with E-state index in [-0.39, 0.29) is 22.6 Å². The molecule has 5 heteroatoms. The lowest BCUT2D eigenvalue weighted by atomic mass is 10.5. The van der Waals surface area contributed by atoms with E-state index >= 15 is 0 Å². The molecular weight excluding hydrogens is 232 g/mol. The minimum atomic E-state index is -3.12. The highest BCUT2D eigenvalue weighted by molar-refractivity contribution is 9.09. The Balaban J connectivity index is 4.03. The average Bonchev–Trinajstić information content (AvgIpc) is 1.86. The molecule has 66 valence electrons. The summed E-state index contributed by atoms with van der Waals surface area (Å²) in [5.41, 5.74) is 0. The Kier molecular flexibility index (Phi) is 4.92. The smallest absolute Gasteiger partial charge is 0.158 e. The first-order chi connectivity index (χ1) is 5.02. The van der Waals surface area contributed by atoms with Crippen molar-refractivity contribution < 1.29 is 13.2 Å². The Labute approximate surface area is 75.2 Å². The van der Waals surface area contributed by atoms with Crippen LogP contribution >= 0.6 is 15.9 Å². The van der Waals surface area contributed by atoms with E-state index in [1.54, 1.807) is 6.92 Å². The second-order valence-corrected chi connectivity index (χ2v) is 5.01. The van der Waals surface area contributed by atoms with E-state index in [1.807, 2.05) is 0 Å². The Morgan fingerprint density at radius 2 is 2.00 bits per heavy atom. The van der Waals surface area contributed by atoms with Crippen molar-refractivity contribution in [1.82, 2.24) is 0 Å². The van der Waals surface area contributed by atoms with Crippen molar-refractivity contribution in [2.45, 2.75) is 13.3 Å². The topological polar surface area (TPSA) is 51.2 Å². The van der Waals surface area contributed by atoms with Crippen molar-refractivity contribution in [1.29, 1.82) is 0 Å². The summed E-state index contributed by atoms with van der Waals surface area (Å²) in [5, 5.41) is 0.121. The number of rotatable bonds is 5. The molecule has 0 atom stereocenters. The number of alkyl halides is 1. The maximum Gasteiger partial charge on any atom is 0.158 e. The third-order valence-electron chi connectivity index (χ3n) is 1.05. The van der Waals surface area contributed by atoms with Crippen molar-refractivity contribution in [2.75, 3.05) is 16.8 Å². The summed E-state index contributed by atoms with van der Waals surface area (Å²) in [6.07, 6.45) is 0.567. The molecule has 0 unspecified atom stereocenters. The van der Waals surface area contributed by atoms with Gasteiger partial charge in [-0.05, 0) is 6.42 Å². The summed E-state index contributed by atoms with van der Waals surface area (Å²) in [6, 6.07) is 0. The van der Waals surface area contributed by atoms with Crippen LogP contribution in [0.25, 0.3) is 0 Å². The van der Waals surface area contributed by atoms with Gasteiger partial charge in [-0.2, -0.15) is 0 Å². The first-order valence-corrected chi connectivity index (χ1v) is 6.24.